The molecule has 0 fully saturated rings. The average molecular weight is 398 g/mol. The maximum atomic E-state index is 12.7. The first kappa shape index (κ1) is 19.4. The molecule has 0 atom stereocenters. The molecule has 0 saturated heterocycles. The Balaban J connectivity index is 1.42. The lowest BCUT2D eigenvalue weighted by Gasteiger charge is -2.17. The summed E-state index contributed by atoms with van der Waals surface area (Å²) < 4.78 is 1.97. The fraction of sp³-hybridized carbons (Fsp3) is 0.125. The molecule has 0 saturated carbocycles. The number of rotatable bonds is 5. The van der Waals surface area contributed by atoms with Crippen molar-refractivity contribution in [3.05, 3.63) is 90.3 Å². The molecule has 3 aromatic carbocycles. The van der Waals surface area contributed by atoms with Gasteiger partial charge in [-0.1, -0.05) is 29.8 Å². The number of para-hydroxylation sites is 2. The number of carbonyl (C=O) groups excluding carboxylic acids is 2. The quantitative estimate of drug-likeness (QED) is 0.552. The van der Waals surface area contributed by atoms with E-state index in [9.17, 15) is 9.59 Å². The van der Waals surface area contributed by atoms with Gasteiger partial charge < -0.3 is 10.2 Å². The van der Waals surface area contributed by atoms with Gasteiger partial charge in [-0.15, -0.1) is 0 Å². The van der Waals surface area contributed by atoms with E-state index in [1.165, 1.54) is 4.90 Å². The Morgan fingerprint density at radius 2 is 1.67 bits per heavy atom. The SMILES string of the molecule is Cc1ccc(NC(=O)CN(C)C(=O)c2ccc(-n3cnc4ccccc43)cc2)cc1. The molecule has 0 bridgehead atoms. The third-order valence-corrected chi connectivity index (χ3v) is 4.91. The van der Waals surface area contributed by atoms with Gasteiger partial charge >= 0.3 is 0 Å². The second-order valence-corrected chi connectivity index (χ2v) is 7.23. The number of nitrogens with zero attached hydrogens (tertiary/aromatic N) is 3. The van der Waals surface area contributed by atoms with Crippen molar-refractivity contribution in [2.24, 2.45) is 0 Å². The van der Waals surface area contributed by atoms with Crippen molar-refractivity contribution in [1.29, 1.82) is 0 Å². The number of hydrogen-bond donors (Lipinski definition) is 1. The normalized spacial score (nSPS) is 10.7. The number of carbonyl (C=O) groups is 2. The number of imidazole rings is 1. The van der Waals surface area contributed by atoms with E-state index < -0.39 is 0 Å². The number of amides is 2. The molecular weight excluding hydrogens is 376 g/mol. The minimum Gasteiger partial charge on any atom is -0.332 e. The molecule has 4 rings (SSSR count). The minimum absolute atomic E-state index is 0.0272. The van der Waals surface area contributed by atoms with E-state index in [4.69, 9.17) is 0 Å². The van der Waals surface area contributed by atoms with Crippen LogP contribution in [0.5, 0.6) is 0 Å². The Labute approximate surface area is 174 Å². The van der Waals surface area contributed by atoms with E-state index in [1.807, 2.05) is 72.2 Å². The first-order chi connectivity index (χ1) is 14.5. The molecule has 0 unspecified atom stereocenters. The van der Waals surface area contributed by atoms with Crippen LogP contribution in [0.15, 0.2) is 79.1 Å². The lowest BCUT2D eigenvalue weighted by molar-refractivity contribution is -0.116. The van der Waals surface area contributed by atoms with E-state index in [0.29, 0.717) is 11.3 Å². The fourth-order valence-corrected chi connectivity index (χ4v) is 3.27. The smallest absolute Gasteiger partial charge is 0.254 e. The van der Waals surface area contributed by atoms with Gasteiger partial charge in [-0.25, -0.2) is 4.98 Å². The highest BCUT2D eigenvalue weighted by atomic mass is 16.2. The summed E-state index contributed by atoms with van der Waals surface area (Å²) in [7, 11) is 1.62. The molecule has 0 spiro atoms. The lowest BCUT2D eigenvalue weighted by Crippen LogP contribution is -2.34. The highest BCUT2D eigenvalue weighted by molar-refractivity contribution is 5.99. The van der Waals surface area contributed by atoms with Crippen LogP contribution in [0.1, 0.15) is 15.9 Å². The number of fused-ring (bicyclic) bond motifs is 1. The van der Waals surface area contributed by atoms with Gasteiger partial charge in [0.2, 0.25) is 5.91 Å². The Morgan fingerprint density at radius 1 is 0.967 bits per heavy atom. The molecule has 6 heteroatoms. The first-order valence-corrected chi connectivity index (χ1v) is 9.66. The van der Waals surface area contributed by atoms with Crippen molar-refractivity contribution >= 4 is 28.5 Å². The van der Waals surface area contributed by atoms with Crippen LogP contribution in [0.4, 0.5) is 5.69 Å². The molecule has 150 valence electrons. The average Bonchev–Trinajstić information content (AvgIpc) is 3.19. The van der Waals surface area contributed by atoms with Crippen LogP contribution in [0.2, 0.25) is 0 Å². The van der Waals surface area contributed by atoms with Crippen LogP contribution in [0.3, 0.4) is 0 Å². The van der Waals surface area contributed by atoms with Gasteiger partial charge in [0, 0.05) is 24.0 Å². The summed E-state index contributed by atoms with van der Waals surface area (Å²) >= 11 is 0. The zero-order chi connectivity index (χ0) is 21.1. The van der Waals surface area contributed by atoms with Gasteiger partial charge in [-0.3, -0.25) is 14.2 Å². The second kappa shape index (κ2) is 8.21. The Morgan fingerprint density at radius 3 is 2.40 bits per heavy atom. The molecule has 1 aromatic heterocycles. The van der Waals surface area contributed by atoms with Gasteiger partial charge in [0.25, 0.3) is 5.91 Å². The predicted octanol–water partition coefficient (Wildman–Crippen LogP) is 4.04. The van der Waals surface area contributed by atoms with Crippen LogP contribution in [-0.4, -0.2) is 39.9 Å². The van der Waals surface area contributed by atoms with E-state index >= 15 is 0 Å². The van der Waals surface area contributed by atoms with Gasteiger partial charge in [-0.2, -0.15) is 0 Å². The van der Waals surface area contributed by atoms with E-state index in [1.54, 1.807) is 25.5 Å². The van der Waals surface area contributed by atoms with Crippen molar-refractivity contribution in [3.8, 4) is 5.69 Å². The molecule has 1 heterocycles. The van der Waals surface area contributed by atoms with Crippen molar-refractivity contribution in [2.45, 2.75) is 6.92 Å². The fourth-order valence-electron chi connectivity index (χ4n) is 3.27. The molecule has 0 aliphatic carbocycles. The second-order valence-electron chi connectivity index (χ2n) is 7.23. The van der Waals surface area contributed by atoms with Crippen molar-refractivity contribution in [2.75, 3.05) is 18.9 Å². The number of anilines is 1. The third kappa shape index (κ3) is 4.07. The summed E-state index contributed by atoms with van der Waals surface area (Å²) in [5.41, 5.74) is 5.18. The predicted molar refractivity (Wildman–Crippen MR) is 118 cm³/mol. The maximum absolute atomic E-state index is 12.7. The van der Waals surface area contributed by atoms with Crippen LogP contribution >= 0.6 is 0 Å². The van der Waals surface area contributed by atoms with Crippen LogP contribution in [-0.2, 0) is 4.79 Å². The molecule has 6 nitrogen and oxygen atoms in total. The minimum atomic E-state index is -0.240. The van der Waals surface area contributed by atoms with Gasteiger partial charge in [-0.05, 0) is 55.5 Å². The molecular formula is C24H22N4O2. The number of aryl methyl sites for hydroxylation is 1. The summed E-state index contributed by atoms with van der Waals surface area (Å²) in [6, 6.07) is 22.7. The Bertz CT molecular complexity index is 1190. The lowest BCUT2D eigenvalue weighted by atomic mass is 10.1. The molecule has 0 aliphatic rings. The summed E-state index contributed by atoms with van der Waals surface area (Å²) in [5, 5.41) is 2.81. The standard InChI is InChI=1S/C24H22N4O2/c1-17-7-11-19(12-8-17)26-23(29)15-27(2)24(30)18-9-13-20(14-10-18)28-16-25-21-5-3-4-6-22(21)28/h3-14,16H,15H2,1-2H3,(H,26,29). The number of likely N-dealkylation sites (N-methyl/N-ethyl adjacent to an activating group) is 1. The molecule has 0 radical (unpaired) electrons. The van der Waals surface area contributed by atoms with Crippen molar-refractivity contribution < 1.29 is 9.59 Å². The molecule has 1 N–H and O–H groups in total. The van der Waals surface area contributed by atoms with Gasteiger partial charge in [0.15, 0.2) is 0 Å². The number of nitrogens with one attached hydrogen (secondary N) is 1. The first-order valence-electron chi connectivity index (χ1n) is 9.66. The highest BCUT2D eigenvalue weighted by Crippen LogP contribution is 2.18. The number of hydrogen-bond acceptors (Lipinski definition) is 3. The van der Waals surface area contributed by atoms with E-state index in [2.05, 4.69) is 10.3 Å². The topological polar surface area (TPSA) is 67.2 Å². The largest absolute Gasteiger partial charge is 0.332 e. The molecule has 0 aliphatic heterocycles. The number of benzene rings is 3. The molecule has 4 aromatic rings. The summed E-state index contributed by atoms with van der Waals surface area (Å²) in [5.74, 6) is -0.452. The van der Waals surface area contributed by atoms with Crippen LogP contribution < -0.4 is 5.32 Å². The van der Waals surface area contributed by atoms with Gasteiger partial charge in [0.05, 0.1) is 17.6 Å². The van der Waals surface area contributed by atoms with E-state index in [-0.39, 0.29) is 18.4 Å². The molecule has 2 amide bonds. The Kier molecular flexibility index (Phi) is 5.30. The van der Waals surface area contributed by atoms with Crippen molar-refractivity contribution in [3.63, 3.8) is 0 Å². The van der Waals surface area contributed by atoms with E-state index in [0.717, 1.165) is 22.3 Å². The van der Waals surface area contributed by atoms with Crippen LogP contribution in [0.25, 0.3) is 16.7 Å². The third-order valence-electron chi connectivity index (χ3n) is 4.91. The van der Waals surface area contributed by atoms with Gasteiger partial charge in [0.1, 0.15) is 6.33 Å². The van der Waals surface area contributed by atoms with Crippen LogP contribution in [0, 0.1) is 6.92 Å². The Hall–Kier alpha value is -3.93. The maximum Gasteiger partial charge on any atom is 0.254 e. The monoisotopic (exact) mass is 398 g/mol. The zero-order valence-corrected chi connectivity index (χ0v) is 16.9. The summed E-state index contributed by atoms with van der Waals surface area (Å²) in [6.07, 6.45) is 1.77. The van der Waals surface area contributed by atoms with Crippen molar-refractivity contribution in [1.82, 2.24) is 14.5 Å². The highest BCUT2D eigenvalue weighted by Gasteiger charge is 2.15. The number of aromatic nitrogens is 2. The summed E-state index contributed by atoms with van der Waals surface area (Å²) in [6.45, 7) is 1.96. The zero-order valence-electron chi connectivity index (χ0n) is 16.9. The summed E-state index contributed by atoms with van der Waals surface area (Å²) in [4.78, 5) is 30.8. The molecule has 30 heavy (non-hydrogen) atoms.